The van der Waals surface area contributed by atoms with Gasteiger partial charge in [0.1, 0.15) is 11.3 Å². The van der Waals surface area contributed by atoms with E-state index in [0.29, 0.717) is 17.8 Å². The second kappa shape index (κ2) is 4.39. The Hall–Kier alpha value is -2.36. The van der Waals surface area contributed by atoms with E-state index in [1.54, 1.807) is 6.07 Å². The third-order valence-corrected chi connectivity index (χ3v) is 3.21. The molecule has 0 aliphatic rings. The molecule has 0 saturated heterocycles. The number of nitrogens with zero attached hydrogens (tertiary/aromatic N) is 2. The number of imidazole rings is 1. The number of hydrogen-bond acceptors (Lipinski definition) is 3. The molecule has 1 aromatic carbocycles. The van der Waals surface area contributed by atoms with Crippen molar-refractivity contribution in [2.24, 2.45) is 0 Å². The summed E-state index contributed by atoms with van der Waals surface area (Å²) in [4.78, 5) is 15.3. The fourth-order valence-corrected chi connectivity index (χ4v) is 2.29. The minimum atomic E-state index is 0.308. The molecule has 4 heteroatoms. The zero-order valence-electron chi connectivity index (χ0n) is 10.9. The Labute approximate surface area is 110 Å². The summed E-state index contributed by atoms with van der Waals surface area (Å²) in [5, 5.41) is 0. The number of aromatic nitrogens is 2. The van der Waals surface area contributed by atoms with Gasteiger partial charge >= 0.3 is 0 Å². The van der Waals surface area contributed by atoms with Crippen LogP contribution in [0.4, 0.5) is 0 Å². The number of aldehydes is 1. The molecule has 3 rings (SSSR count). The molecule has 0 amide bonds. The molecule has 0 N–H and O–H groups in total. The monoisotopic (exact) mass is 254 g/mol. The number of aryl methyl sites for hydroxylation is 2. The highest BCUT2D eigenvalue weighted by Crippen LogP contribution is 2.26. The van der Waals surface area contributed by atoms with Gasteiger partial charge in [-0.05, 0) is 18.6 Å². The lowest BCUT2D eigenvalue weighted by molar-refractivity contribution is 0.110. The molecule has 0 aliphatic heterocycles. The van der Waals surface area contributed by atoms with Crippen LogP contribution in [0.15, 0.2) is 34.7 Å². The van der Waals surface area contributed by atoms with Crippen LogP contribution < -0.4 is 0 Å². The zero-order valence-corrected chi connectivity index (χ0v) is 10.9. The third-order valence-electron chi connectivity index (χ3n) is 3.21. The van der Waals surface area contributed by atoms with Gasteiger partial charge in [0, 0.05) is 12.5 Å². The highest BCUT2D eigenvalue weighted by atomic mass is 16.4. The molecule has 0 aliphatic carbocycles. The van der Waals surface area contributed by atoms with Crippen LogP contribution in [-0.2, 0) is 6.42 Å². The van der Waals surface area contributed by atoms with Crippen molar-refractivity contribution in [3.05, 3.63) is 47.5 Å². The van der Waals surface area contributed by atoms with Gasteiger partial charge in [-0.25, -0.2) is 4.98 Å². The molecule has 19 heavy (non-hydrogen) atoms. The number of hydrogen-bond donors (Lipinski definition) is 0. The number of para-hydroxylation sites is 1. The predicted molar refractivity (Wildman–Crippen MR) is 72.8 cm³/mol. The van der Waals surface area contributed by atoms with Crippen LogP contribution in [0.3, 0.4) is 0 Å². The van der Waals surface area contributed by atoms with Gasteiger partial charge in [-0.2, -0.15) is 0 Å². The van der Waals surface area contributed by atoms with E-state index in [-0.39, 0.29) is 0 Å². The van der Waals surface area contributed by atoms with Crippen molar-refractivity contribution in [3.8, 4) is 5.69 Å². The molecule has 0 unspecified atom stereocenters. The van der Waals surface area contributed by atoms with Crippen molar-refractivity contribution in [2.45, 2.75) is 20.3 Å². The Balaban J connectivity index is 2.34. The van der Waals surface area contributed by atoms with Crippen molar-refractivity contribution < 1.29 is 9.21 Å². The van der Waals surface area contributed by atoms with Gasteiger partial charge in [0.15, 0.2) is 12.0 Å². The topological polar surface area (TPSA) is 48.0 Å². The maximum absolute atomic E-state index is 10.8. The summed E-state index contributed by atoms with van der Waals surface area (Å²) in [6.07, 6.45) is 1.50. The lowest BCUT2D eigenvalue weighted by Gasteiger charge is -2.09. The fraction of sp³-hybridized carbons (Fsp3) is 0.200. The number of carbonyl (C=O) groups is 1. The molecule has 4 nitrogen and oxygen atoms in total. The summed E-state index contributed by atoms with van der Waals surface area (Å²) in [5.74, 6) is 1.24. The van der Waals surface area contributed by atoms with E-state index in [2.05, 4.69) is 11.9 Å². The lowest BCUT2D eigenvalue weighted by atomic mass is 10.2. The van der Waals surface area contributed by atoms with E-state index in [1.807, 2.05) is 35.8 Å². The fourth-order valence-electron chi connectivity index (χ4n) is 2.29. The Kier molecular flexibility index (Phi) is 2.71. The summed E-state index contributed by atoms with van der Waals surface area (Å²) in [7, 11) is 0. The summed E-state index contributed by atoms with van der Waals surface area (Å²) in [6.45, 7) is 4.10. The van der Waals surface area contributed by atoms with Crippen LogP contribution in [0, 0.1) is 6.92 Å². The van der Waals surface area contributed by atoms with Gasteiger partial charge in [0.25, 0.3) is 0 Å². The van der Waals surface area contributed by atoms with E-state index < -0.39 is 0 Å². The summed E-state index contributed by atoms with van der Waals surface area (Å²) >= 11 is 0. The first-order valence-corrected chi connectivity index (χ1v) is 6.27. The van der Waals surface area contributed by atoms with Crippen LogP contribution in [0.5, 0.6) is 0 Å². The zero-order chi connectivity index (χ0) is 13.4. The molecular formula is C15H14N2O2. The molecule has 0 bridgehead atoms. The van der Waals surface area contributed by atoms with Crippen LogP contribution in [0.25, 0.3) is 16.9 Å². The molecule has 2 heterocycles. The summed E-state index contributed by atoms with van der Waals surface area (Å²) < 4.78 is 7.56. The number of carbonyl (C=O) groups excluding carboxylic acids is 1. The number of furan rings is 1. The summed E-state index contributed by atoms with van der Waals surface area (Å²) in [6, 6.07) is 9.73. The van der Waals surface area contributed by atoms with E-state index in [4.69, 9.17) is 4.42 Å². The summed E-state index contributed by atoms with van der Waals surface area (Å²) in [5.41, 5.74) is 3.53. The van der Waals surface area contributed by atoms with Gasteiger partial charge in [-0.15, -0.1) is 0 Å². The van der Waals surface area contributed by atoms with Crippen molar-refractivity contribution >= 4 is 17.5 Å². The minimum absolute atomic E-state index is 0.308. The van der Waals surface area contributed by atoms with Crippen molar-refractivity contribution in [2.75, 3.05) is 0 Å². The molecule has 2 aromatic heterocycles. The minimum Gasteiger partial charge on any atom is -0.435 e. The molecular weight excluding hydrogens is 240 g/mol. The molecule has 96 valence electrons. The second-order valence-electron chi connectivity index (χ2n) is 4.46. The number of fused-ring (bicyclic) bond motifs is 1. The lowest BCUT2D eigenvalue weighted by Crippen LogP contribution is -2.01. The standard InChI is InChI=1S/C15H14N2O2/c1-3-14-16-12-8-11(9-18)19-15(12)17(14)13-7-5-4-6-10(13)2/h4-9H,3H2,1-2H3. The SMILES string of the molecule is CCc1nc2cc(C=O)oc2n1-c1ccccc1C. The van der Waals surface area contributed by atoms with E-state index in [9.17, 15) is 4.79 Å². The maximum Gasteiger partial charge on any atom is 0.232 e. The predicted octanol–water partition coefficient (Wildman–Crippen LogP) is 3.30. The van der Waals surface area contributed by atoms with Crippen LogP contribution in [-0.4, -0.2) is 15.8 Å². The first-order chi connectivity index (χ1) is 9.24. The molecule has 0 fully saturated rings. The van der Waals surface area contributed by atoms with Gasteiger partial charge < -0.3 is 4.42 Å². The van der Waals surface area contributed by atoms with Crippen LogP contribution in [0.2, 0.25) is 0 Å². The molecule has 3 aromatic rings. The smallest absolute Gasteiger partial charge is 0.232 e. The first kappa shape index (κ1) is 11.7. The van der Waals surface area contributed by atoms with Gasteiger partial charge in [-0.1, -0.05) is 25.1 Å². The Bertz CT molecular complexity index is 753. The largest absolute Gasteiger partial charge is 0.435 e. The van der Waals surface area contributed by atoms with Crippen molar-refractivity contribution in [1.82, 2.24) is 9.55 Å². The third kappa shape index (κ3) is 1.76. The normalized spacial score (nSPS) is 11.1. The van der Waals surface area contributed by atoms with E-state index in [1.165, 1.54) is 0 Å². The van der Waals surface area contributed by atoms with E-state index >= 15 is 0 Å². The second-order valence-corrected chi connectivity index (χ2v) is 4.46. The molecule has 0 atom stereocenters. The Morgan fingerprint density at radius 3 is 2.84 bits per heavy atom. The maximum atomic E-state index is 10.8. The number of rotatable bonds is 3. The molecule has 0 radical (unpaired) electrons. The highest BCUT2D eigenvalue weighted by Gasteiger charge is 2.16. The van der Waals surface area contributed by atoms with Crippen molar-refractivity contribution in [1.29, 1.82) is 0 Å². The molecule has 0 saturated carbocycles. The average Bonchev–Trinajstić information content (AvgIpc) is 2.96. The highest BCUT2D eigenvalue weighted by molar-refractivity contribution is 5.82. The quantitative estimate of drug-likeness (QED) is 0.674. The first-order valence-electron chi connectivity index (χ1n) is 6.27. The average molecular weight is 254 g/mol. The van der Waals surface area contributed by atoms with Crippen LogP contribution in [0.1, 0.15) is 28.9 Å². The Morgan fingerprint density at radius 1 is 1.37 bits per heavy atom. The Morgan fingerprint density at radius 2 is 2.16 bits per heavy atom. The van der Waals surface area contributed by atoms with Gasteiger partial charge in [0.2, 0.25) is 5.71 Å². The van der Waals surface area contributed by atoms with Gasteiger partial charge in [0.05, 0.1) is 5.69 Å². The van der Waals surface area contributed by atoms with Gasteiger partial charge in [-0.3, -0.25) is 9.36 Å². The van der Waals surface area contributed by atoms with Crippen LogP contribution >= 0.6 is 0 Å². The van der Waals surface area contributed by atoms with E-state index in [0.717, 1.165) is 29.0 Å². The molecule has 0 spiro atoms. The number of benzene rings is 1. The van der Waals surface area contributed by atoms with Crippen molar-refractivity contribution in [3.63, 3.8) is 0 Å².